The van der Waals surface area contributed by atoms with Crippen LogP contribution in [-0.4, -0.2) is 0 Å². The second-order valence-electron chi connectivity index (χ2n) is 1.12. The Bertz CT molecular complexity index is 21.2. The molecule has 0 aromatic rings. The van der Waals surface area contributed by atoms with Crippen molar-refractivity contribution in [3.8, 4) is 0 Å². The van der Waals surface area contributed by atoms with Crippen molar-refractivity contribution in [3.63, 3.8) is 0 Å². The first kappa shape index (κ1) is 31.4. The van der Waals surface area contributed by atoms with Crippen molar-refractivity contribution in [2.75, 3.05) is 0 Å². The van der Waals surface area contributed by atoms with Crippen molar-refractivity contribution in [1.29, 1.82) is 0 Å². The van der Waals surface area contributed by atoms with Crippen LogP contribution in [0.2, 0.25) is 0 Å². The molecule has 0 radical (unpaired) electrons. The van der Waals surface area contributed by atoms with Gasteiger partial charge in [-0.05, 0) is 6.92 Å². The van der Waals surface area contributed by atoms with Crippen LogP contribution in [0, 0.1) is 0 Å². The minimum Gasteiger partial charge on any atom is -0.106 e. The summed E-state index contributed by atoms with van der Waals surface area (Å²) in [6.45, 7) is 19.5. The smallest absolute Gasteiger partial charge is 0.0473 e. The van der Waals surface area contributed by atoms with Crippen LogP contribution in [0.4, 0.5) is 0 Å². The van der Waals surface area contributed by atoms with Crippen LogP contribution in [0.15, 0.2) is 25.8 Å². The molecule has 0 heteroatoms. The number of hydrogen-bond donors (Lipinski definition) is 0. The molecule has 0 aliphatic carbocycles. The summed E-state index contributed by atoms with van der Waals surface area (Å²) >= 11 is 0. The third kappa shape index (κ3) is 1960. The Labute approximate surface area is 75.0 Å². The van der Waals surface area contributed by atoms with E-state index in [2.05, 4.69) is 33.6 Å². The zero-order chi connectivity index (χ0) is 9.41. The summed E-state index contributed by atoms with van der Waals surface area (Å²) in [7, 11) is 0. The average molecular weight is 160 g/mol. The lowest BCUT2D eigenvalue weighted by atomic mass is 10.6. The molecule has 0 saturated carbocycles. The van der Waals surface area contributed by atoms with Crippen LogP contribution in [-0.2, 0) is 0 Å². The van der Waals surface area contributed by atoms with Gasteiger partial charge in [-0.25, -0.2) is 0 Å². The van der Waals surface area contributed by atoms with E-state index in [9.17, 15) is 0 Å². The van der Waals surface area contributed by atoms with E-state index >= 15 is 0 Å². The van der Waals surface area contributed by atoms with Gasteiger partial charge >= 0.3 is 0 Å². The minimum absolute atomic E-state index is 0. The number of rotatable bonds is 0. The Hall–Kier alpha value is -0.520. The van der Waals surface area contributed by atoms with Crippen molar-refractivity contribution in [3.05, 3.63) is 25.8 Å². The van der Waals surface area contributed by atoms with Crippen molar-refractivity contribution in [1.82, 2.24) is 0 Å². The summed E-state index contributed by atoms with van der Waals surface area (Å²) < 4.78 is 0. The van der Waals surface area contributed by atoms with Gasteiger partial charge in [-0.2, -0.15) is 0 Å². The monoisotopic (exact) mass is 160 g/mol. The van der Waals surface area contributed by atoms with E-state index in [0.29, 0.717) is 0 Å². The topological polar surface area (TPSA) is 0 Å². The Morgan fingerprint density at radius 1 is 1.09 bits per heavy atom. The molecule has 0 aromatic heterocycles. The highest BCUT2D eigenvalue weighted by atomic mass is 13.4. The summed E-state index contributed by atoms with van der Waals surface area (Å²) in [5.41, 5.74) is 0. The average Bonchev–Trinajstić information content (AvgIpc) is 1.99. The lowest BCUT2D eigenvalue weighted by molar-refractivity contribution is 1.09. The first-order chi connectivity index (χ1) is 4.83. The van der Waals surface area contributed by atoms with Crippen LogP contribution < -0.4 is 0 Å². The fraction of sp³-hybridized carbons (Fsp3) is 0.636. The van der Waals surface area contributed by atoms with Crippen LogP contribution in [0.1, 0.15) is 48.5 Å². The summed E-state index contributed by atoms with van der Waals surface area (Å²) in [5, 5.41) is 0. The van der Waals surface area contributed by atoms with Gasteiger partial charge in [0, 0.05) is 0 Å². The Morgan fingerprint density at radius 2 is 1.09 bits per heavy atom. The first-order valence-electron chi connectivity index (χ1n) is 3.90. The van der Waals surface area contributed by atoms with E-state index in [1.54, 1.807) is 6.08 Å². The fourth-order valence-electron chi connectivity index (χ4n) is 0. The number of hydrogen-bond acceptors (Lipinski definition) is 0. The molecule has 0 atom stereocenters. The zero-order valence-electron chi connectivity index (χ0n) is 8.41. The lowest BCUT2D eigenvalue weighted by Crippen LogP contribution is -1.27. The van der Waals surface area contributed by atoms with Crippen molar-refractivity contribution in [2.45, 2.75) is 48.5 Å². The summed E-state index contributed by atoms with van der Waals surface area (Å²) in [6, 6.07) is 0. The van der Waals surface area contributed by atoms with Crippen LogP contribution in [0.25, 0.3) is 0 Å². The minimum atomic E-state index is 0. The predicted octanol–water partition coefficient (Wildman–Crippen LogP) is 5.07. The highest BCUT2D eigenvalue weighted by Crippen LogP contribution is 1.56. The van der Waals surface area contributed by atoms with Gasteiger partial charge in [-0.1, -0.05) is 47.6 Å². The van der Waals surface area contributed by atoms with E-state index in [-0.39, 0.29) is 7.43 Å². The second kappa shape index (κ2) is 311. The summed E-state index contributed by atoms with van der Waals surface area (Å²) in [5.74, 6) is 0. The lowest BCUT2D eigenvalue weighted by Gasteiger charge is -1.48. The van der Waals surface area contributed by atoms with Gasteiger partial charge in [0.15, 0.2) is 0 Å². The SMILES string of the molecule is C.C=C.C=CC.CC.CCC. The quantitative estimate of drug-likeness (QED) is 0.434. The molecular weight excluding hydrogens is 132 g/mol. The van der Waals surface area contributed by atoms with Crippen molar-refractivity contribution in [2.24, 2.45) is 0 Å². The van der Waals surface area contributed by atoms with E-state index in [4.69, 9.17) is 0 Å². The van der Waals surface area contributed by atoms with Crippen LogP contribution >= 0.6 is 0 Å². The summed E-state index contributed by atoms with van der Waals surface area (Å²) in [6.07, 6.45) is 3.00. The molecule has 0 amide bonds. The highest BCUT2D eigenvalue weighted by Gasteiger charge is 1.35. The molecule has 0 spiro atoms. The molecule has 0 fully saturated rings. The first-order valence-corrected chi connectivity index (χ1v) is 3.90. The molecule has 0 nitrogen and oxygen atoms in total. The molecule has 0 aliphatic rings. The molecule has 0 unspecified atom stereocenters. The Balaban J connectivity index is -0.0000000144. The number of allylic oxidation sites excluding steroid dienone is 1. The molecule has 0 aromatic carbocycles. The molecule has 72 valence electrons. The van der Waals surface area contributed by atoms with Crippen LogP contribution in [0.5, 0.6) is 0 Å². The van der Waals surface area contributed by atoms with Gasteiger partial charge < -0.3 is 0 Å². The maximum Gasteiger partial charge on any atom is -0.0473 e. The Kier molecular flexibility index (Phi) is 887. The third-order valence-corrected chi connectivity index (χ3v) is 0. The molecular formula is C11H28. The third-order valence-electron chi connectivity index (χ3n) is 0. The van der Waals surface area contributed by atoms with Crippen LogP contribution in [0.3, 0.4) is 0 Å². The largest absolute Gasteiger partial charge is 0.106 e. The standard InChI is InChI=1S/C3H8.C3H6.C2H6.C2H4.CH4/c2*1-3-2;2*1-2;/h3H2,1-2H3;3H,1H2,2H3;1-2H3;1-2H2;1H4. The van der Waals surface area contributed by atoms with Crippen molar-refractivity contribution >= 4 is 0 Å². The normalized spacial score (nSPS) is 3.73. The molecule has 0 heterocycles. The maximum atomic E-state index is 3.36. The molecule has 0 N–H and O–H groups in total. The molecule has 0 saturated heterocycles. The van der Waals surface area contributed by atoms with Crippen molar-refractivity contribution < 1.29 is 0 Å². The highest BCUT2D eigenvalue weighted by molar-refractivity contribution is 4.51. The van der Waals surface area contributed by atoms with E-state index < -0.39 is 0 Å². The van der Waals surface area contributed by atoms with Gasteiger partial charge in [0.25, 0.3) is 0 Å². The van der Waals surface area contributed by atoms with Gasteiger partial charge in [-0.15, -0.1) is 19.7 Å². The molecule has 0 aliphatic heterocycles. The van der Waals surface area contributed by atoms with Gasteiger partial charge in [0.05, 0.1) is 0 Å². The fourth-order valence-corrected chi connectivity index (χ4v) is 0. The Morgan fingerprint density at radius 3 is 1.09 bits per heavy atom. The second-order valence-corrected chi connectivity index (χ2v) is 1.12. The summed E-state index contributed by atoms with van der Waals surface area (Å²) in [4.78, 5) is 0. The molecule has 0 rings (SSSR count). The molecule has 11 heavy (non-hydrogen) atoms. The van der Waals surface area contributed by atoms with Gasteiger partial charge in [0.2, 0.25) is 0 Å². The predicted molar refractivity (Wildman–Crippen MR) is 61.2 cm³/mol. The zero-order valence-corrected chi connectivity index (χ0v) is 8.41. The van der Waals surface area contributed by atoms with E-state index in [0.717, 1.165) is 0 Å². The van der Waals surface area contributed by atoms with Gasteiger partial charge in [0.1, 0.15) is 0 Å². The van der Waals surface area contributed by atoms with Gasteiger partial charge in [-0.3, -0.25) is 0 Å². The van der Waals surface area contributed by atoms with E-state index in [1.165, 1.54) is 6.42 Å². The maximum absolute atomic E-state index is 3.36. The molecule has 0 bridgehead atoms. The van der Waals surface area contributed by atoms with E-state index in [1.807, 2.05) is 20.8 Å².